The highest BCUT2D eigenvalue weighted by atomic mass is 127. The lowest BCUT2D eigenvalue weighted by atomic mass is 10.3. The zero-order chi connectivity index (χ0) is 7.82. The van der Waals surface area contributed by atoms with Gasteiger partial charge in [-0.3, -0.25) is 0 Å². The molecule has 60 valence electrons. The number of hydrogen-bond acceptors (Lipinski definition) is 1. The van der Waals surface area contributed by atoms with Crippen molar-refractivity contribution in [1.82, 2.24) is 5.32 Å². The molecule has 0 aliphatic rings. The van der Waals surface area contributed by atoms with E-state index in [2.05, 4.69) is 45.8 Å². The van der Waals surface area contributed by atoms with Crippen LogP contribution in [0.25, 0.3) is 0 Å². The van der Waals surface area contributed by atoms with Crippen molar-refractivity contribution in [3.05, 3.63) is 9.66 Å². The monoisotopic (exact) mass is 253 g/mol. The summed E-state index contributed by atoms with van der Waals surface area (Å²) in [4.78, 5) is 0. The maximum atomic E-state index is 3.36. The van der Waals surface area contributed by atoms with Crippen molar-refractivity contribution in [2.45, 2.75) is 26.7 Å². The average Bonchev–Trinajstić information content (AvgIpc) is 1.98. The number of halogens is 1. The summed E-state index contributed by atoms with van der Waals surface area (Å²) < 4.78 is 2.12. The van der Waals surface area contributed by atoms with Gasteiger partial charge in [0.1, 0.15) is 0 Å². The highest BCUT2D eigenvalue weighted by molar-refractivity contribution is 14.1. The van der Waals surface area contributed by atoms with Crippen LogP contribution in [0.2, 0.25) is 0 Å². The third-order valence-electron chi connectivity index (χ3n) is 1.30. The summed E-state index contributed by atoms with van der Waals surface area (Å²) in [5, 5.41) is 3.36. The lowest BCUT2D eigenvalue weighted by molar-refractivity contribution is 0.671. The standard InChI is InChI=1S/C8H16IN/c1-3-4-5-10-7-8(2)6-9/h6,10H,3-5,7H2,1-2H3/b8-6-. The molecule has 0 rings (SSSR count). The molecule has 0 atom stereocenters. The van der Waals surface area contributed by atoms with Gasteiger partial charge in [-0.25, -0.2) is 0 Å². The second-order valence-electron chi connectivity index (χ2n) is 2.49. The van der Waals surface area contributed by atoms with E-state index in [4.69, 9.17) is 0 Å². The summed E-state index contributed by atoms with van der Waals surface area (Å²) >= 11 is 2.27. The lowest BCUT2D eigenvalue weighted by Crippen LogP contribution is -2.16. The minimum Gasteiger partial charge on any atom is -0.313 e. The van der Waals surface area contributed by atoms with Gasteiger partial charge < -0.3 is 5.32 Å². The van der Waals surface area contributed by atoms with E-state index < -0.39 is 0 Å². The summed E-state index contributed by atoms with van der Waals surface area (Å²) in [6, 6.07) is 0. The van der Waals surface area contributed by atoms with Gasteiger partial charge in [0.2, 0.25) is 0 Å². The number of nitrogens with one attached hydrogen (secondary N) is 1. The zero-order valence-corrected chi connectivity index (χ0v) is 8.94. The van der Waals surface area contributed by atoms with E-state index in [0.717, 1.165) is 13.1 Å². The third kappa shape index (κ3) is 6.55. The van der Waals surface area contributed by atoms with Gasteiger partial charge in [0.05, 0.1) is 0 Å². The molecular weight excluding hydrogens is 237 g/mol. The van der Waals surface area contributed by atoms with Gasteiger partial charge in [-0.1, -0.05) is 41.5 Å². The molecule has 0 saturated heterocycles. The number of unbranched alkanes of at least 4 members (excludes halogenated alkanes) is 1. The fourth-order valence-electron chi connectivity index (χ4n) is 0.626. The Morgan fingerprint density at radius 1 is 1.60 bits per heavy atom. The Morgan fingerprint density at radius 3 is 2.80 bits per heavy atom. The van der Waals surface area contributed by atoms with E-state index in [1.54, 1.807) is 0 Å². The minimum atomic E-state index is 1.04. The first-order chi connectivity index (χ1) is 4.81. The van der Waals surface area contributed by atoms with E-state index in [-0.39, 0.29) is 0 Å². The van der Waals surface area contributed by atoms with Crippen LogP contribution in [0.4, 0.5) is 0 Å². The Hall–Kier alpha value is 0.430. The highest BCUT2D eigenvalue weighted by Crippen LogP contribution is 1.95. The molecule has 0 amide bonds. The van der Waals surface area contributed by atoms with E-state index in [1.807, 2.05) is 0 Å². The topological polar surface area (TPSA) is 12.0 Å². The van der Waals surface area contributed by atoms with Crippen molar-refractivity contribution in [3.63, 3.8) is 0 Å². The summed E-state index contributed by atoms with van der Waals surface area (Å²) in [6.45, 7) is 6.55. The lowest BCUT2D eigenvalue weighted by Gasteiger charge is -2.01. The van der Waals surface area contributed by atoms with Crippen molar-refractivity contribution in [2.24, 2.45) is 0 Å². The summed E-state index contributed by atoms with van der Waals surface area (Å²) in [7, 11) is 0. The predicted molar refractivity (Wildman–Crippen MR) is 55.6 cm³/mol. The SMILES string of the molecule is CCCCNC/C(C)=C\I. The zero-order valence-electron chi connectivity index (χ0n) is 6.78. The van der Waals surface area contributed by atoms with Gasteiger partial charge in [0.15, 0.2) is 0 Å². The normalized spacial score (nSPS) is 12.1. The second-order valence-corrected chi connectivity index (χ2v) is 3.11. The van der Waals surface area contributed by atoms with E-state index in [9.17, 15) is 0 Å². The van der Waals surface area contributed by atoms with E-state index >= 15 is 0 Å². The molecule has 0 aromatic carbocycles. The van der Waals surface area contributed by atoms with Crippen LogP contribution in [0.15, 0.2) is 9.66 Å². The first kappa shape index (κ1) is 10.4. The molecule has 0 aliphatic heterocycles. The molecule has 0 aromatic heterocycles. The van der Waals surface area contributed by atoms with Gasteiger partial charge in [-0.2, -0.15) is 0 Å². The molecule has 0 aromatic rings. The first-order valence-electron chi connectivity index (χ1n) is 3.77. The first-order valence-corrected chi connectivity index (χ1v) is 5.02. The number of hydrogen-bond donors (Lipinski definition) is 1. The maximum absolute atomic E-state index is 3.36. The Balaban J connectivity index is 3.04. The largest absolute Gasteiger partial charge is 0.313 e. The van der Waals surface area contributed by atoms with Crippen LogP contribution in [0.5, 0.6) is 0 Å². The molecule has 0 heterocycles. The summed E-state index contributed by atoms with van der Waals surface area (Å²) in [5.41, 5.74) is 1.41. The summed E-state index contributed by atoms with van der Waals surface area (Å²) in [5.74, 6) is 0. The van der Waals surface area contributed by atoms with Gasteiger partial charge in [0, 0.05) is 6.54 Å². The Morgan fingerprint density at radius 2 is 2.30 bits per heavy atom. The molecule has 1 nitrogen and oxygen atoms in total. The van der Waals surface area contributed by atoms with Gasteiger partial charge in [-0.15, -0.1) is 0 Å². The quantitative estimate of drug-likeness (QED) is 0.586. The Bertz CT molecular complexity index is 99.4. The van der Waals surface area contributed by atoms with E-state index in [1.165, 1.54) is 18.4 Å². The van der Waals surface area contributed by atoms with Crippen molar-refractivity contribution < 1.29 is 0 Å². The molecule has 10 heavy (non-hydrogen) atoms. The molecule has 0 unspecified atom stereocenters. The molecule has 0 spiro atoms. The van der Waals surface area contributed by atoms with E-state index in [0.29, 0.717) is 0 Å². The van der Waals surface area contributed by atoms with Crippen LogP contribution in [-0.2, 0) is 0 Å². The molecular formula is C8H16IN. The second kappa shape index (κ2) is 7.54. The molecule has 0 bridgehead atoms. The van der Waals surface area contributed by atoms with Crippen LogP contribution < -0.4 is 5.32 Å². The van der Waals surface area contributed by atoms with Crippen LogP contribution in [0.3, 0.4) is 0 Å². The third-order valence-corrected chi connectivity index (χ3v) is 2.36. The maximum Gasteiger partial charge on any atom is 0.0169 e. The molecule has 1 N–H and O–H groups in total. The predicted octanol–water partition coefficient (Wildman–Crippen LogP) is 2.71. The van der Waals surface area contributed by atoms with Crippen molar-refractivity contribution in [3.8, 4) is 0 Å². The average molecular weight is 253 g/mol. The molecule has 0 saturated carbocycles. The molecule has 0 radical (unpaired) electrons. The van der Waals surface area contributed by atoms with Gasteiger partial charge >= 0.3 is 0 Å². The minimum absolute atomic E-state index is 1.04. The molecule has 2 heteroatoms. The van der Waals surface area contributed by atoms with Crippen molar-refractivity contribution in [2.75, 3.05) is 13.1 Å². The van der Waals surface area contributed by atoms with Crippen LogP contribution in [-0.4, -0.2) is 13.1 Å². The van der Waals surface area contributed by atoms with Crippen molar-refractivity contribution >= 4 is 22.6 Å². The fraction of sp³-hybridized carbons (Fsp3) is 0.750. The smallest absolute Gasteiger partial charge is 0.0169 e. The fourth-order valence-corrected chi connectivity index (χ4v) is 0.846. The Kier molecular flexibility index (Phi) is 7.86. The van der Waals surface area contributed by atoms with Crippen LogP contribution >= 0.6 is 22.6 Å². The molecule has 0 aliphatic carbocycles. The Labute approximate surface area is 77.4 Å². The van der Waals surface area contributed by atoms with Crippen molar-refractivity contribution in [1.29, 1.82) is 0 Å². The van der Waals surface area contributed by atoms with Crippen LogP contribution in [0, 0.1) is 0 Å². The van der Waals surface area contributed by atoms with Gasteiger partial charge in [-0.05, 0) is 24.0 Å². The summed E-state index contributed by atoms with van der Waals surface area (Å²) in [6.07, 6.45) is 2.56. The number of rotatable bonds is 5. The van der Waals surface area contributed by atoms with Crippen LogP contribution in [0.1, 0.15) is 26.7 Å². The molecule has 0 fully saturated rings. The van der Waals surface area contributed by atoms with Gasteiger partial charge in [0.25, 0.3) is 0 Å². The highest BCUT2D eigenvalue weighted by Gasteiger charge is 1.86.